The Morgan fingerprint density at radius 2 is 1.73 bits per heavy atom. The van der Waals surface area contributed by atoms with Gasteiger partial charge in [-0.05, 0) is 72.4 Å². The zero-order chi connectivity index (χ0) is 23.4. The predicted molar refractivity (Wildman–Crippen MR) is 133 cm³/mol. The van der Waals surface area contributed by atoms with Gasteiger partial charge in [0.2, 0.25) is 15.9 Å². The van der Waals surface area contributed by atoms with E-state index in [1.165, 1.54) is 22.0 Å². The van der Waals surface area contributed by atoms with Gasteiger partial charge in [0.05, 0.1) is 17.5 Å². The number of carbonyl (C=O) groups excluding carboxylic acids is 1. The molecule has 8 heteroatoms. The fourth-order valence-corrected chi connectivity index (χ4v) is 5.85. The summed E-state index contributed by atoms with van der Waals surface area (Å²) in [7, 11) is -3.90. The maximum absolute atomic E-state index is 13.4. The number of fused-ring (bicyclic) bond motifs is 1. The number of sulfonamides is 1. The molecule has 0 saturated heterocycles. The zero-order valence-electron chi connectivity index (χ0n) is 17.9. The SMILES string of the molecule is O=C(CN(Cc1ccc(Cl)cc1)S(=O)(=O)c1ccc(Br)cc1)N[C@@H]1CCCc2ccccc21. The minimum atomic E-state index is -3.90. The van der Waals surface area contributed by atoms with Crippen LogP contribution < -0.4 is 5.32 Å². The maximum atomic E-state index is 13.4. The highest BCUT2D eigenvalue weighted by Crippen LogP contribution is 2.29. The average molecular weight is 548 g/mol. The summed E-state index contributed by atoms with van der Waals surface area (Å²) in [5, 5.41) is 3.62. The van der Waals surface area contributed by atoms with E-state index in [9.17, 15) is 13.2 Å². The first-order chi connectivity index (χ1) is 15.8. The third-order valence-corrected chi connectivity index (χ3v) is 8.33. The first-order valence-corrected chi connectivity index (χ1v) is 13.3. The molecule has 1 N–H and O–H groups in total. The molecule has 5 nitrogen and oxygen atoms in total. The van der Waals surface area contributed by atoms with E-state index in [0.717, 1.165) is 34.9 Å². The van der Waals surface area contributed by atoms with E-state index in [0.29, 0.717) is 5.02 Å². The lowest BCUT2D eigenvalue weighted by Crippen LogP contribution is -2.42. The van der Waals surface area contributed by atoms with E-state index < -0.39 is 10.0 Å². The summed E-state index contributed by atoms with van der Waals surface area (Å²) in [6.45, 7) is -0.218. The molecule has 0 spiro atoms. The van der Waals surface area contributed by atoms with E-state index in [1.807, 2.05) is 18.2 Å². The number of amides is 1. The fourth-order valence-electron chi connectivity index (χ4n) is 4.08. The van der Waals surface area contributed by atoms with Crippen LogP contribution in [0.3, 0.4) is 0 Å². The molecule has 33 heavy (non-hydrogen) atoms. The Morgan fingerprint density at radius 3 is 2.45 bits per heavy atom. The normalized spacial score (nSPS) is 15.8. The number of nitrogens with one attached hydrogen (secondary N) is 1. The summed E-state index contributed by atoms with van der Waals surface area (Å²) in [5.41, 5.74) is 3.09. The average Bonchev–Trinajstić information content (AvgIpc) is 2.80. The van der Waals surface area contributed by atoms with Gasteiger partial charge in [0.25, 0.3) is 0 Å². The monoisotopic (exact) mass is 546 g/mol. The number of benzene rings is 3. The molecule has 3 aromatic carbocycles. The number of carbonyl (C=O) groups is 1. The lowest BCUT2D eigenvalue weighted by molar-refractivity contribution is -0.122. The molecule has 0 unspecified atom stereocenters. The molecule has 0 bridgehead atoms. The van der Waals surface area contributed by atoms with Crippen molar-refractivity contribution in [2.45, 2.75) is 36.7 Å². The summed E-state index contributed by atoms with van der Waals surface area (Å²) in [6.07, 6.45) is 2.80. The summed E-state index contributed by atoms with van der Waals surface area (Å²) >= 11 is 9.32. The number of halogens is 2. The van der Waals surface area contributed by atoms with Crippen LogP contribution in [0.1, 0.15) is 35.6 Å². The van der Waals surface area contributed by atoms with Crippen molar-refractivity contribution in [3.63, 3.8) is 0 Å². The van der Waals surface area contributed by atoms with Gasteiger partial charge in [-0.25, -0.2) is 8.42 Å². The van der Waals surface area contributed by atoms with E-state index >= 15 is 0 Å². The molecule has 0 aromatic heterocycles. The third-order valence-electron chi connectivity index (χ3n) is 5.75. The summed E-state index contributed by atoms with van der Waals surface area (Å²) in [5.74, 6) is -0.327. The molecule has 172 valence electrons. The number of aryl methyl sites for hydroxylation is 1. The molecule has 0 radical (unpaired) electrons. The second kappa shape index (κ2) is 10.4. The largest absolute Gasteiger partial charge is 0.348 e. The fraction of sp³-hybridized carbons (Fsp3) is 0.240. The number of rotatable bonds is 7. The van der Waals surface area contributed by atoms with Crippen molar-refractivity contribution in [3.05, 3.63) is 99.0 Å². The lowest BCUT2D eigenvalue weighted by Gasteiger charge is -2.28. The van der Waals surface area contributed by atoms with Crippen LogP contribution in [-0.4, -0.2) is 25.2 Å². The molecular weight excluding hydrogens is 524 g/mol. The first-order valence-electron chi connectivity index (χ1n) is 10.7. The van der Waals surface area contributed by atoms with Crippen LogP contribution in [0.15, 0.2) is 82.2 Å². The molecule has 1 aliphatic carbocycles. The first kappa shape index (κ1) is 24.0. The lowest BCUT2D eigenvalue weighted by atomic mass is 9.88. The molecule has 1 aliphatic rings. The molecule has 0 fully saturated rings. The van der Waals surface area contributed by atoms with Crippen LogP contribution in [0.25, 0.3) is 0 Å². The molecule has 0 aliphatic heterocycles. The van der Waals surface area contributed by atoms with Gasteiger partial charge in [-0.1, -0.05) is 63.9 Å². The molecule has 4 rings (SSSR count). The molecule has 3 aromatic rings. The molecule has 1 atom stereocenters. The predicted octanol–water partition coefficient (Wildman–Crippen LogP) is 5.49. The Hall–Kier alpha value is -2.19. The second-order valence-corrected chi connectivity index (χ2v) is 11.4. The van der Waals surface area contributed by atoms with Gasteiger partial charge < -0.3 is 5.32 Å². The van der Waals surface area contributed by atoms with Crippen LogP contribution in [0, 0.1) is 0 Å². The smallest absolute Gasteiger partial charge is 0.243 e. The van der Waals surface area contributed by atoms with Crippen LogP contribution >= 0.6 is 27.5 Å². The maximum Gasteiger partial charge on any atom is 0.243 e. The van der Waals surface area contributed by atoms with Gasteiger partial charge in [-0.15, -0.1) is 0 Å². The molecule has 1 amide bonds. The second-order valence-electron chi connectivity index (χ2n) is 8.06. The van der Waals surface area contributed by atoms with Crippen molar-refractivity contribution in [3.8, 4) is 0 Å². The van der Waals surface area contributed by atoms with Crippen LogP contribution in [0.5, 0.6) is 0 Å². The van der Waals surface area contributed by atoms with Crippen molar-refractivity contribution in [2.75, 3.05) is 6.54 Å². The Balaban J connectivity index is 1.57. The van der Waals surface area contributed by atoms with Crippen LogP contribution in [0.4, 0.5) is 0 Å². The highest BCUT2D eigenvalue weighted by molar-refractivity contribution is 9.10. The van der Waals surface area contributed by atoms with E-state index in [4.69, 9.17) is 11.6 Å². The van der Waals surface area contributed by atoms with Gasteiger partial charge in [0.1, 0.15) is 0 Å². The Kier molecular flexibility index (Phi) is 7.54. The number of nitrogens with zero attached hydrogens (tertiary/aromatic N) is 1. The van der Waals surface area contributed by atoms with Crippen molar-refractivity contribution in [1.29, 1.82) is 0 Å². The molecule has 0 heterocycles. The van der Waals surface area contributed by atoms with Gasteiger partial charge >= 0.3 is 0 Å². The molecule has 0 saturated carbocycles. The Morgan fingerprint density at radius 1 is 1.03 bits per heavy atom. The van der Waals surface area contributed by atoms with Gasteiger partial charge in [-0.2, -0.15) is 4.31 Å². The van der Waals surface area contributed by atoms with E-state index in [2.05, 4.69) is 27.3 Å². The number of hydrogen-bond donors (Lipinski definition) is 1. The summed E-state index contributed by atoms with van der Waals surface area (Å²) in [6, 6.07) is 21.3. The quantitative estimate of drug-likeness (QED) is 0.426. The van der Waals surface area contributed by atoms with Crippen molar-refractivity contribution < 1.29 is 13.2 Å². The van der Waals surface area contributed by atoms with E-state index in [1.54, 1.807) is 36.4 Å². The zero-order valence-corrected chi connectivity index (χ0v) is 21.0. The highest BCUT2D eigenvalue weighted by atomic mass is 79.9. The van der Waals surface area contributed by atoms with Crippen molar-refractivity contribution in [2.24, 2.45) is 0 Å². The standard InChI is InChI=1S/C25H24BrClN2O3S/c26-20-10-14-22(15-11-20)33(31,32)29(16-18-8-12-21(27)13-9-18)17-25(30)28-24-7-3-5-19-4-1-2-6-23(19)24/h1-2,4,6,8-15,24H,3,5,7,16-17H2,(H,28,30)/t24-/m1/s1. The summed E-state index contributed by atoms with van der Waals surface area (Å²) < 4.78 is 28.9. The molecular formula is C25H24BrClN2O3S. The minimum Gasteiger partial charge on any atom is -0.348 e. The van der Waals surface area contributed by atoms with Gasteiger partial charge in [0.15, 0.2) is 0 Å². The third kappa shape index (κ3) is 5.84. The van der Waals surface area contributed by atoms with Crippen LogP contribution in [-0.2, 0) is 27.8 Å². The topological polar surface area (TPSA) is 66.5 Å². The van der Waals surface area contributed by atoms with Gasteiger partial charge in [0, 0.05) is 16.0 Å². The van der Waals surface area contributed by atoms with Crippen LogP contribution in [0.2, 0.25) is 5.02 Å². The van der Waals surface area contributed by atoms with E-state index in [-0.39, 0.29) is 29.9 Å². The van der Waals surface area contributed by atoms with Crippen molar-refractivity contribution >= 4 is 43.5 Å². The minimum absolute atomic E-state index is 0.0598. The number of hydrogen-bond acceptors (Lipinski definition) is 3. The Labute approximate surface area is 207 Å². The summed E-state index contributed by atoms with van der Waals surface area (Å²) in [4.78, 5) is 13.2. The Bertz CT molecular complexity index is 1230. The van der Waals surface area contributed by atoms with Crippen molar-refractivity contribution in [1.82, 2.24) is 9.62 Å². The van der Waals surface area contributed by atoms with Gasteiger partial charge in [-0.3, -0.25) is 4.79 Å². The highest BCUT2D eigenvalue weighted by Gasteiger charge is 2.29.